The molecule has 10 heteroatoms. The van der Waals surface area contributed by atoms with Gasteiger partial charge in [-0.1, -0.05) is 48.3 Å². The summed E-state index contributed by atoms with van der Waals surface area (Å²) in [5.74, 6) is -0.917. The lowest BCUT2D eigenvalue weighted by molar-refractivity contribution is -0.140. The minimum Gasteiger partial charge on any atom is -0.357 e. The zero-order chi connectivity index (χ0) is 24.9. The Labute approximate surface area is 205 Å². The number of benzene rings is 2. The Balaban J connectivity index is 2.54. The maximum Gasteiger partial charge on any atom is 0.244 e. The van der Waals surface area contributed by atoms with Crippen LogP contribution in [0.5, 0.6) is 0 Å². The maximum absolute atomic E-state index is 13.6. The van der Waals surface area contributed by atoms with Crippen LogP contribution in [0.15, 0.2) is 36.4 Å². The summed E-state index contributed by atoms with van der Waals surface area (Å²) in [6.45, 7) is 4.92. The highest BCUT2D eigenvalue weighted by Crippen LogP contribution is 2.28. The van der Waals surface area contributed by atoms with E-state index in [2.05, 4.69) is 5.32 Å². The standard InChI is InChI=1S/C23H29Cl2N3O4S/c1-6-20(23(30)26-4)27(13-17-18(24)10-8-11-19(17)25)22(29)14-28(33(5,31)32)21-12-7-9-15(2)16(21)3/h7-12,20H,6,13-14H2,1-5H3,(H,26,30)/t20-/m1/s1. The van der Waals surface area contributed by atoms with Crippen LogP contribution in [0.4, 0.5) is 5.69 Å². The third-order valence-corrected chi connectivity index (χ3v) is 7.38. The minimum atomic E-state index is -3.80. The Bertz CT molecular complexity index is 1120. The van der Waals surface area contributed by atoms with Gasteiger partial charge in [-0.3, -0.25) is 13.9 Å². The van der Waals surface area contributed by atoms with E-state index in [0.717, 1.165) is 21.7 Å². The molecule has 1 atom stereocenters. The Morgan fingerprint density at radius 2 is 1.64 bits per heavy atom. The van der Waals surface area contributed by atoms with Gasteiger partial charge in [0.05, 0.1) is 11.9 Å². The molecule has 2 amide bonds. The first-order valence-electron chi connectivity index (χ1n) is 10.4. The summed E-state index contributed by atoms with van der Waals surface area (Å²) in [4.78, 5) is 27.5. The summed E-state index contributed by atoms with van der Waals surface area (Å²) in [5.41, 5.74) is 2.53. The molecule has 0 heterocycles. The first kappa shape index (κ1) is 27.0. The molecule has 33 heavy (non-hydrogen) atoms. The topological polar surface area (TPSA) is 86.8 Å². The van der Waals surface area contributed by atoms with E-state index < -0.39 is 28.5 Å². The van der Waals surface area contributed by atoms with Crippen LogP contribution in [0.25, 0.3) is 0 Å². The summed E-state index contributed by atoms with van der Waals surface area (Å²) in [6, 6.07) is 9.39. The van der Waals surface area contributed by atoms with Gasteiger partial charge in [0, 0.05) is 29.2 Å². The molecule has 0 aromatic heterocycles. The molecule has 180 valence electrons. The first-order valence-corrected chi connectivity index (χ1v) is 13.0. The van der Waals surface area contributed by atoms with Gasteiger partial charge in [0.15, 0.2) is 0 Å². The molecule has 1 N–H and O–H groups in total. The average molecular weight is 514 g/mol. The van der Waals surface area contributed by atoms with E-state index in [4.69, 9.17) is 23.2 Å². The van der Waals surface area contributed by atoms with Gasteiger partial charge < -0.3 is 10.2 Å². The average Bonchev–Trinajstić information content (AvgIpc) is 2.74. The van der Waals surface area contributed by atoms with Crippen molar-refractivity contribution in [1.82, 2.24) is 10.2 Å². The van der Waals surface area contributed by atoms with Crippen molar-refractivity contribution in [1.29, 1.82) is 0 Å². The molecule has 0 aliphatic carbocycles. The van der Waals surface area contributed by atoms with Gasteiger partial charge in [0.2, 0.25) is 21.8 Å². The number of amides is 2. The van der Waals surface area contributed by atoms with Crippen molar-refractivity contribution in [3.05, 3.63) is 63.1 Å². The van der Waals surface area contributed by atoms with Crippen molar-refractivity contribution >= 4 is 50.7 Å². The largest absolute Gasteiger partial charge is 0.357 e. The van der Waals surface area contributed by atoms with E-state index in [-0.39, 0.29) is 12.5 Å². The van der Waals surface area contributed by atoms with Gasteiger partial charge in [-0.05, 0) is 49.6 Å². The molecule has 0 radical (unpaired) electrons. The van der Waals surface area contributed by atoms with E-state index >= 15 is 0 Å². The molecular weight excluding hydrogens is 485 g/mol. The zero-order valence-electron chi connectivity index (χ0n) is 19.4. The Morgan fingerprint density at radius 1 is 1.06 bits per heavy atom. The van der Waals surface area contributed by atoms with Gasteiger partial charge in [0.25, 0.3) is 0 Å². The molecular formula is C23H29Cl2N3O4S. The molecule has 0 fully saturated rings. The van der Waals surface area contributed by atoms with Crippen LogP contribution in [-0.2, 0) is 26.2 Å². The fourth-order valence-electron chi connectivity index (χ4n) is 3.54. The van der Waals surface area contributed by atoms with Gasteiger partial charge >= 0.3 is 0 Å². The SMILES string of the molecule is CC[C@H](C(=O)NC)N(Cc1c(Cl)cccc1Cl)C(=O)CN(c1cccc(C)c1C)S(C)(=O)=O. The Kier molecular flexibility index (Phi) is 9.17. The molecule has 0 bridgehead atoms. The highest BCUT2D eigenvalue weighted by atomic mass is 35.5. The zero-order valence-corrected chi connectivity index (χ0v) is 21.7. The van der Waals surface area contributed by atoms with Crippen molar-refractivity contribution in [3.8, 4) is 0 Å². The van der Waals surface area contributed by atoms with Crippen molar-refractivity contribution in [2.75, 3.05) is 24.2 Å². The lowest BCUT2D eigenvalue weighted by atomic mass is 10.1. The monoisotopic (exact) mass is 513 g/mol. The van der Waals surface area contributed by atoms with E-state index in [9.17, 15) is 18.0 Å². The van der Waals surface area contributed by atoms with Crippen molar-refractivity contribution in [3.63, 3.8) is 0 Å². The van der Waals surface area contributed by atoms with Crippen LogP contribution >= 0.6 is 23.2 Å². The molecule has 0 spiro atoms. The normalized spacial score (nSPS) is 12.2. The molecule has 0 aliphatic rings. The third-order valence-electron chi connectivity index (χ3n) is 5.55. The lowest BCUT2D eigenvalue weighted by Gasteiger charge is -2.33. The molecule has 0 saturated heterocycles. The highest BCUT2D eigenvalue weighted by Gasteiger charge is 2.32. The van der Waals surface area contributed by atoms with E-state index in [1.807, 2.05) is 13.0 Å². The number of rotatable bonds is 9. The Morgan fingerprint density at radius 3 is 2.15 bits per heavy atom. The number of nitrogens with one attached hydrogen (secondary N) is 1. The van der Waals surface area contributed by atoms with Crippen molar-refractivity contribution in [2.45, 2.75) is 39.8 Å². The number of carbonyl (C=O) groups excluding carboxylic acids is 2. The van der Waals surface area contributed by atoms with E-state index in [1.165, 1.54) is 11.9 Å². The van der Waals surface area contributed by atoms with Crippen molar-refractivity contribution in [2.24, 2.45) is 0 Å². The predicted molar refractivity (Wildman–Crippen MR) is 133 cm³/mol. The molecule has 0 aliphatic heterocycles. The van der Waals surface area contributed by atoms with Crippen LogP contribution < -0.4 is 9.62 Å². The predicted octanol–water partition coefficient (Wildman–Crippen LogP) is 3.93. The number of aryl methyl sites for hydroxylation is 1. The summed E-state index contributed by atoms with van der Waals surface area (Å²) in [5, 5.41) is 3.26. The fraction of sp³-hybridized carbons (Fsp3) is 0.391. The van der Waals surface area contributed by atoms with E-state index in [0.29, 0.717) is 27.7 Å². The summed E-state index contributed by atoms with van der Waals surface area (Å²) >= 11 is 12.6. The quantitative estimate of drug-likeness (QED) is 0.550. The summed E-state index contributed by atoms with van der Waals surface area (Å²) in [6.07, 6.45) is 1.36. The van der Waals surface area contributed by atoms with Crippen LogP contribution in [0.1, 0.15) is 30.0 Å². The first-order chi connectivity index (χ1) is 15.4. The highest BCUT2D eigenvalue weighted by molar-refractivity contribution is 7.92. The van der Waals surface area contributed by atoms with Gasteiger partial charge in [-0.25, -0.2) is 8.42 Å². The van der Waals surface area contributed by atoms with Crippen molar-refractivity contribution < 1.29 is 18.0 Å². The second kappa shape index (κ2) is 11.2. The number of sulfonamides is 1. The van der Waals surface area contributed by atoms with Crippen LogP contribution in [0, 0.1) is 13.8 Å². The van der Waals surface area contributed by atoms with Crippen LogP contribution in [-0.4, -0.2) is 51.0 Å². The maximum atomic E-state index is 13.6. The fourth-order valence-corrected chi connectivity index (χ4v) is 4.96. The molecule has 2 aromatic rings. The van der Waals surface area contributed by atoms with Gasteiger partial charge in [-0.2, -0.15) is 0 Å². The third kappa shape index (κ3) is 6.40. The van der Waals surface area contributed by atoms with Gasteiger partial charge in [0.1, 0.15) is 12.6 Å². The number of carbonyl (C=O) groups is 2. The number of hydrogen-bond donors (Lipinski definition) is 1. The molecule has 2 rings (SSSR count). The summed E-state index contributed by atoms with van der Waals surface area (Å²) in [7, 11) is -2.32. The minimum absolute atomic E-state index is 0.0479. The number of nitrogens with zero attached hydrogens (tertiary/aromatic N) is 2. The lowest BCUT2D eigenvalue weighted by Crippen LogP contribution is -2.51. The molecule has 7 nitrogen and oxygen atoms in total. The van der Waals surface area contributed by atoms with Crippen LogP contribution in [0.2, 0.25) is 10.0 Å². The molecule has 0 unspecified atom stereocenters. The number of anilines is 1. The number of halogens is 2. The number of likely N-dealkylation sites (N-methyl/N-ethyl adjacent to an activating group) is 1. The van der Waals surface area contributed by atoms with Crippen LogP contribution in [0.3, 0.4) is 0 Å². The van der Waals surface area contributed by atoms with Gasteiger partial charge in [-0.15, -0.1) is 0 Å². The molecule has 2 aromatic carbocycles. The Hall–Kier alpha value is -2.29. The summed E-state index contributed by atoms with van der Waals surface area (Å²) < 4.78 is 26.4. The second-order valence-corrected chi connectivity index (χ2v) is 10.5. The van der Waals surface area contributed by atoms with E-state index in [1.54, 1.807) is 44.2 Å². The smallest absolute Gasteiger partial charge is 0.244 e. The second-order valence-electron chi connectivity index (χ2n) is 7.75. The molecule has 0 saturated carbocycles. The number of hydrogen-bond acceptors (Lipinski definition) is 4.